The van der Waals surface area contributed by atoms with Crippen LogP contribution in [0.15, 0.2) is 54.6 Å². The number of benzene rings is 2. The van der Waals surface area contributed by atoms with Gasteiger partial charge in [-0.1, -0.05) is 41.9 Å². The van der Waals surface area contributed by atoms with Crippen LogP contribution in [-0.4, -0.2) is 12.5 Å². The van der Waals surface area contributed by atoms with Crippen LogP contribution in [0.1, 0.15) is 18.5 Å². The van der Waals surface area contributed by atoms with Gasteiger partial charge in [0.2, 0.25) is 0 Å². The SMILES string of the molecule is C[C@@H](NC(=O)COc1ccccc1)c1cccc(Cl)c1. The molecule has 0 saturated heterocycles. The molecule has 20 heavy (non-hydrogen) atoms. The van der Waals surface area contributed by atoms with E-state index in [1.54, 1.807) is 6.07 Å². The highest BCUT2D eigenvalue weighted by atomic mass is 35.5. The van der Waals surface area contributed by atoms with E-state index in [0.29, 0.717) is 10.8 Å². The van der Waals surface area contributed by atoms with Gasteiger partial charge in [0.25, 0.3) is 5.91 Å². The minimum atomic E-state index is -0.165. The average molecular weight is 290 g/mol. The monoisotopic (exact) mass is 289 g/mol. The Labute approximate surface area is 123 Å². The Bertz CT molecular complexity index is 572. The predicted octanol–water partition coefficient (Wildman–Crippen LogP) is 3.60. The van der Waals surface area contributed by atoms with E-state index < -0.39 is 0 Å². The number of hydrogen-bond donors (Lipinski definition) is 1. The van der Waals surface area contributed by atoms with Crippen molar-refractivity contribution in [1.82, 2.24) is 5.32 Å². The Kier molecular flexibility index (Phi) is 5.02. The number of ether oxygens (including phenoxy) is 1. The summed E-state index contributed by atoms with van der Waals surface area (Å²) in [5, 5.41) is 3.53. The van der Waals surface area contributed by atoms with Crippen molar-refractivity contribution < 1.29 is 9.53 Å². The highest BCUT2D eigenvalue weighted by Crippen LogP contribution is 2.17. The fourth-order valence-electron chi connectivity index (χ4n) is 1.81. The van der Waals surface area contributed by atoms with Crippen molar-refractivity contribution in [3.8, 4) is 5.75 Å². The molecule has 104 valence electrons. The summed E-state index contributed by atoms with van der Waals surface area (Å²) in [6, 6.07) is 16.6. The molecule has 0 saturated carbocycles. The molecule has 0 bridgehead atoms. The second kappa shape index (κ2) is 6.96. The van der Waals surface area contributed by atoms with Crippen LogP contribution >= 0.6 is 11.6 Å². The van der Waals surface area contributed by atoms with Crippen molar-refractivity contribution >= 4 is 17.5 Å². The van der Waals surface area contributed by atoms with Crippen molar-refractivity contribution in [2.75, 3.05) is 6.61 Å². The summed E-state index contributed by atoms with van der Waals surface area (Å²) in [6.07, 6.45) is 0. The van der Waals surface area contributed by atoms with Gasteiger partial charge in [0, 0.05) is 5.02 Å². The summed E-state index contributed by atoms with van der Waals surface area (Å²) in [4.78, 5) is 11.8. The molecule has 0 aliphatic carbocycles. The Morgan fingerprint density at radius 1 is 1.20 bits per heavy atom. The number of rotatable bonds is 5. The molecule has 3 nitrogen and oxygen atoms in total. The first kappa shape index (κ1) is 14.4. The summed E-state index contributed by atoms with van der Waals surface area (Å²) in [5.74, 6) is 0.513. The Morgan fingerprint density at radius 3 is 2.65 bits per heavy atom. The van der Waals surface area contributed by atoms with Crippen LogP contribution in [0.2, 0.25) is 5.02 Å². The molecule has 1 amide bonds. The van der Waals surface area contributed by atoms with E-state index in [1.807, 2.05) is 55.5 Å². The molecule has 2 aromatic carbocycles. The Hall–Kier alpha value is -2.00. The quantitative estimate of drug-likeness (QED) is 0.913. The van der Waals surface area contributed by atoms with E-state index in [9.17, 15) is 4.79 Å². The highest BCUT2D eigenvalue weighted by Gasteiger charge is 2.10. The summed E-state index contributed by atoms with van der Waals surface area (Å²) in [7, 11) is 0. The molecule has 0 aliphatic rings. The van der Waals surface area contributed by atoms with Crippen LogP contribution < -0.4 is 10.1 Å². The molecule has 1 N–H and O–H groups in total. The number of para-hydroxylation sites is 1. The van der Waals surface area contributed by atoms with Gasteiger partial charge >= 0.3 is 0 Å². The van der Waals surface area contributed by atoms with Crippen LogP contribution in [0.5, 0.6) is 5.75 Å². The van der Waals surface area contributed by atoms with E-state index >= 15 is 0 Å². The summed E-state index contributed by atoms with van der Waals surface area (Å²) in [5.41, 5.74) is 0.963. The van der Waals surface area contributed by atoms with Crippen LogP contribution in [0.3, 0.4) is 0 Å². The maximum absolute atomic E-state index is 11.8. The fourth-order valence-corrected chi connectivity index (χ4v) is 2.01. The van der Waals surface area contributed by atoms with Crippen LogP contribution in [0.25, 0.3) is 0 Å². The first-order valence-corrected chi connectivity index (χ1v) is 6.75. The van der Waals surface area contributed by atoms with Gasteiger partial charge in [-0.15, -0.1) is 0 Å². The lowest BCUT2D eigenvalue weighted by molar-refractivity contribution is -0.123. The third kappa shape index (κ3) is 4.28. The van der Waals surface area contributed by atoms with E-state index in [2.05, 4.69) is 5.32 Å². The average Bonchev–Trinajstić information content (AvgIpc) is 2.46. The number of carbonyl (C=O) groups is 1. The van der Waals surface area contributed by atoms with Crippen LogP contribution in [0, 0.1) is 0 Å². The molecule has 0 aliphatic heterocycles. The normalized spacial score (nSPS) is 11.7. The van der Waals surface area contributed by atoms with Gasteiger partial charge in [-0.05, 0) is 36.8 Å². The number of nitrogens with one attached hydrogen (secondary N) is 1. The zero-order valence-electron chi connectivity index (χ0n) is 11.2. The maximum Gasteiger partial charge on any atom is 0.258 e. The molecular formula is C16H16ClNO2. The molecule has 0 aromatic heterocycles. The highest BCUT2D eigenvalue weighted by molar-refractivity contribution is 6.30. The second-order valence-electron chi connectivity index (χ2n) is 4.45. The minimum Gasteiger partial charge on any atom is -0.484 e. The third-order valence-electron chi connectivity index (χ3n) is 2.84. The molecule has 0 heterocycles. The predicted molar refractivity (Wildman–Crippen MR) is 79.9 cm³/mol. The van der Waals surface area contributed by atoms with E-state index in [1.165, 1.54) is 0 Å². The summed E-state index contributed by atoms with van der Waals surface area (Å²) in [6.45, 7) is 1.90. The van der Waals surface area contributed by atoms with Gasteiger partial charge in [0.15, 0.2) is 6.61 Å². The minimum absolute atomic E-state index is 0.00504. The molecule has 0 spiro atoms. The summed E-state index contributed by atoms with van der Waals surface area (Å²) >= 11 is 5.93. The molecular weight excluding hydrogens is 274 g/mol. The molecule has 2 aromatic rings. The maximum atomic E-state index is 11.8. The fraction of sp³-hybridized carbons (Fsp3) is 0.188. The van der Waals surface area contributed by atoms with Gasteiger partial charge in [0.1, 0.15) is 5.75 Å². The zero-order valence-corrected chi connectivity index (χ0v) is 11.9. The molecule has 4 heteroatoms. The Morgan fingerprint density at radius 2 is 1.95 bits per heavy atom. The van der Waals surface area contributed by atoms with Gasteiger partial charge < -0.3 is 10.1 Å². The second-order valence-corrected chi connectivity index (χ2v) is 4.88. The van der Waals surface area contributed by atoms with Crippen molar-refractivity contribution in [2.24, 2.45) is 0 Å². The number of hydrogen-bond acceptors (Lipinski definition) is 2. The molecule has 0 radical (unpaired) electrons. The van der Waals surface area contributed by atoms with Gasteiger partial charge in [-0.2, -0.15) is 0 Å². The van der Waals surface area contributed by atoms with Gasteiger partial charge in [0.05, 0.1) is 6.04 Å². The third-order valence-corrected chi connectivity index (χ3v) is 3.07. The first-order valence-electron chi connectivity index (χ1n) is 6.38. The molecule has 1 atom stereocenters. The van der Waals surface area contributed by atoms with E-state index in [4.69, 9.17) is 16.3 Å². The number of carbonyl (C=O) groups excluding carboxylic acids is 1. The summed E-state index contributed by atoms with van der Waals surface area (Å²) < 4.78 is 5.39. The van der Waals surface area contributed by atoms with Gasteiger partial charge in [-0.25, -0.2) is 0 Å². The van der Waals surface area contributed by atoms with Crippen molar-refractivity contribution in [3.63, 3.8) is 0 Å². The lowest BCUT2D eigenvalue weighted by Gasteiger charge is -2.15. The first-order chi connectivity index (χ1) is 9.65. The van der Waals surface area contributed by atoms with E-state index in [-0.39, 0.29) is 18.6 Å². The molecule has 0 unspecified atom stereocenters. The van der Waals surface area contributed by atoms with E-state index in [0.717, 1.165) is 5.56 Å². The lowest BCUT2D eigenvalue weighted by atomic mass is 10.1. The lowest BCUT2D eigenvalue weighted by Crippen LogP contribution is -2.31. The molecule has 2 rings (SSSR count). The topological polar surface area (TPSA) is 38.3 Å². The van der Waals surface area contributed by atoms with Crippen LogP contribution in [0.4, 0.5) is 0 Å². The van der Waals surface area contributed by atoms with Crippen molar-refractivity contribution in [1.29, 1.82) is 0 Å². The van der Waals surface area contributed by atoms with Crippen LogP contribution in [-0.2, 0) is 4.79 Å². The Balaban J connectivity index is 1.85. The van der Waals surface area contributed by atoms with Crippen molar-refractivity contribution in [3.05, 3.63) is 65.2 Å². The smallest absolute Gasteiger partial charge is 0.258 e. The standard InChI is InChI=1S/C16H16ClNO2/c1-12(13-6-5-7-14(17)10-13)18-16(19)11-20-15-8-3-2-4-9-15/h2-10,12H,11H2,1H3,(H,18,19)/t12-/m1/s1. The number of amides is 1. The molecule has 0 fully saturated rings. The number of halogens is 1. The van der Waals surface area contributed by atoms with Crippen molar-refractivity contribution in [2.45, 2.75) is 13.0 Å². The largest absolute Gasteiger partial charge is 0.484 e. The zero-order chi connectivity index (χ0) is 14.4. The van der Waals surface area contributed by atoms with Gasteiger partial charge in [-0.3, -0.25) is 4.79 Å².